The molecule has 0 spiro atoms. The fourth-order valence-electron chi connectivity index (χ4n) is 2.63. The molecule has 0 saturated heterocycles. The molecule has 108 valence electrons. The minimum Gasteiger partial charge on any atom is -0.353 e. The second-order valence-corrected chi connectivity index (χ2v) is 5.18. The molecule has 0 saturated carbocycles. The lowest BCUT2D eigenvalue weighted by molar-refractivity contribution is -0.384. The number of nitrogens with one attached hydrogen (secondary N) is 1. The number of nitro groups is 1. The molecule has 0 atom stereocenters. The molecular weight excluding hydrogens is 270 g/mol. The first-order valence-corrected chi connectivity index (χ1v) is 6.78. The average molecular weight is 285 g/mol. The van der Waals surface area contributed by atoms with Crippen LogP contribution in [0.2, 0.25) is 0 Å². The van der Waals surface area contributed by atoms with Crippen LogP contribution in [-0.2, 0) is 13.0 Å². The molecule has 1 aromatic carbocycles. The third-order valence-corrected chi connectivity index (χ3v) is 3.76. The fourth-order valence-corrected chi connectivity index (χ4v) is 2.63. The number of ketones is 1. The number of carbonyl (C=O) groups is 1. The van der Waals surface area contributed by atoms with Crippen molar-refractivity contribution in [2.45, 2.75) is 13.0 Å². The van der Waals surface area contributed by atoms with Crippen LogP contribution in [-0.4, -0.2) is 33.7 Å². The third kappa shape index (κ3) is 2.85. The van der Waals surface area contributed by atoms with E-state index in [2.05, 4.69) is 22.0 Å². The Hall–Kier alpha value is -2.47. The van der Waals surface area contributed by atoms with Crippen molar-refractivity contribution in [2.75, 3.05) is 13.1 Å². The number of Topliss-reactive ketones (excluding diaryl/α,β-unsaturated/α-hetero) is 1. The van der Waals surface area contributed by atoms with E-state index < -0.39 is 4.92 Å². The summed E-state index contributed by atoms with van der Waals surface area (Å²) in [4.78, 5) is 27.0. The first-order valence-electron chi connectivity index (χ1n) is 6.78. The molecule has 0 fully saturated rings. The van der Waals surface area contributed by atoms with Crippen molar-refractivity contribution in [3.05, 3.63) is 63.5 Å². The summed E-state index contributed by atoms with van der Waals surface area (Å²) in [5, 5.41) is 10.6. The van der Waals surface area contributed by atoms with E-state index in [9.17, 15) is 14.9 Å². The zero-order valence-corrected chi connectivity index (χ0v) is 11.4. The van der Waals surface area contributed by atoms with Gasteiger partial charge in [-0.15, -0.1) is 0 Å². The fraction of sp³-hybridized carbons (Fsp3) is 0.267. The number of fused-ring (bicyclic) bond motifs is 1. The van der Waals surface area contributed by atoms with Gasteiger partial charge in [-0.2, -0.15) is 0 Å². The van der Waals surface area contributed by atoms with Crippen molar-refractivity contribution < 1.29 is 9.72 Å². The van der Waals surface area contributed by atoms with Gasteiger partial charge in [-0.1, -0.05) is 24.3 Å². The number of aromatic amines is 1. The molecule has 1 N–H and O–H groups in total. The number of nitrogens with zero attached hydrogens (tertiary/aromatic N) is 2. The third-order valence-electron chi connectivity index (χ3n) is 3.76. The van der Waals surface area contributed by atoms with Crippen LogP contribution in [0.5, 0.6) is 0 Å². The van der Waals surface area contributed by atoms with Crippen molar-refractivity contribution in [1.29, 1.82) is 0 Å². The number of H-pyrrole nitrogens is 1. The monoisotopic (exact) mass is 285 g/mol. The van der Waals surface area contributed by atoms with Crippen molar-refractivity contribution in [1.82, 2.24) is 9.88 Å². The van der Waals surface area contributed by atoms with E-state index >= 15 is 0 Å². The maximum Gasteiger partial charge on any atom is 0.287 e. The topological polar surface area (TPSA) is 79.2 Å². The molecule has 3 rings (SSSR count). The first-order chi connectivity index (χ1) is 10.1. The van der Waals surface area contributed by atoms with Gasteiger partial charge in [-0.3, -0.25) is 19.8 Å². The van der Waals surface area contributed by atoms with Crippen LogP contribution in [0.4, 0.5) is 5.69 Å². The van der Waals surface area contributed by atoms with E-state index in [1.165, 1.54) is 23.4 Å². The van der Waals surface area contributed by atoms with Crippen molar-refractivity contribution in [2.24, 2.45) is 0 Å². The van der Waals surface area contributed by atoms with Crippen LogP contribution in [0, 0.1) is 10.1 Å². The molecule has 0 radical (unpaired) electrons. The molecule has 2 aromatic rings. The maximum absolute atomic E-state index is 12.2. The molecule has 1 aliphatic heterocycles. The summed E-state index contributed by atoms with van der Waals surface area (Å²) in [6, 6.07) is 9.50. The van der Waals surface area contributed by atoms with Gasteiger partial charge in [0.2, 0.25) is 0 Å². The molecule has 2 heterocycles. The van der Waals surface area contributed by atoms with Gasteiger partial charge in [-0.05, 0) is 17.5 Å². The summed E-state index contributed by atoms with van der Waals surface area (Å²) in [6.45, 7) is 1.84. The molecule has 0 unspecified atom stereocenters. The van der Waals surface area contributed by atoms with Crippen LogP contribution in [0.25, 0.3) is 0 Å². The maximum atomic E-state index is 12.2. The van der Waals surface area contributed by atoms with E-state index in [0.29, 0.717) is 5.69 Å². The highest BCUT2D eigenvalue weighted by Crippen LogP contribution is 2.19. The van der Waals surface area contributed by atoms with Crippen molar-refractivity contribution >= 4 is 11.5 Å². The zero-order valence-electron chi connectivity index (χ0n) is 11.4. The van der Waals surface area contributed by atoms with Crippen molar-refractivity contribution in [3.63, 3.8) is 0 Å². The predicted octanol–water partition coefficient (Wildman–Crippen LogP) is 2.16. The summed E-state index contributed by atoms with van der Waals surface area (Å²) in [7, 11) is 0. The van der Waals surface area contributed by atoms with E-state index in [-0.39, 0.29) is 18.0 Å². The van der Waals surface area contributed by atoms with Gasteiger partial charge < -0.3 is 4.98 Å². The quantitative estimate of drug-likeness (QED) is 0.530. The summed E-state index contributed by atoms with van der Waals surface area (Å²) < 4.78 is 0. The predicted molar refractivity (Wildman–Crippen MR) is 77.2 cm³/mol. The van der Waals surface area contributed by atoms with Crippen LogP contribution in [0.3, 0.4) is 0 Å². The Morgan fingerprint density at radius 1 is 1.33 bits per heavy atom. The highest BCUT2D eigenvalue weighted by Gasteiger charge is 2.20. The Kier molecular flexibility index (Phi) is 3.53. The lowest BCUT2D eigenvalue weighted by Gasteiger charge is -2.27. The molecule has 6 heteroatoms. The molecule has 0 aliphatic carbocycles. The second-order valence-electron chi connectivity index (χ2n) is 5.18. The normalized spacial score (nSPS) is 14.7. The Morgan fingerprint density at radius 3 is 2.81 bits per heavy atom. The van der Waals surface area contributed by atoms with Gasteiger partial charge in [0.05, 0.1) is 23.4 Å². The zero-order chi connectivity index (χ0) is 14.8. The highest BCUT2D eigenvalue weighted by atomic mass is 16.6. The standard InChI is InChI=1S/C15H15N3O3/c19-15(14-7-13(8-16-14)18(20)21)10-17-6-5-11-3-1-2-4-12(11)9-17/h1-4,7-8,16H,5-6,9-10H2. The number of benzene rings is 1. The van der Waals surface area contributed by atoms with Gasteiger partial charge in [0.1, 0.15) is 0 Å². The number of hydrogen-bond donors (Lipinski definition) is 1. The van der Waals surface area contributed by atoms with Crippen LogP contribution >= 0.6 is 0 Å². The number of aromatic nitrogens is 1. The first kappa shape index (κ1) is 13.5. The molecule has 1 aliphatic rings. The molecule has 1 aromatic heterocycles. The number of carbonyl (C=O) groups excluding carboxylic acids is 1. The van der Waals surface area contributed by atoms with Crippen molar-refractivity contribution in [3.8, 4) is 0 Å². The summed E-state index contributed by atoms with van der Waals surface area (Å²) in [5.74, 6) is -0.123. The van der Waals surface area contributed by atoms with E-state index in [1.54, 1.807) is 0 Å². The molecule has 6 nitrogen and oxygen atoms in total. The number of hydrogen-bond acceptors (Lipinski definition) is 4. The number of rotatable bonds is 4. The van der Waals surface area contributed by atoms with E-state index in [4.69, 9.17) is 0 Å². The van der Waals surface area contributed by atoms with Gasteiger partial charge in [0, 0.05) is 19.2 Å². The summed E-state index contributed by atoms with van der Waals surface area (Å²) in [6.07, 6.45) is 2.17. The van der Waals surface area contributed by atoms with Crippen LogP contribution in [0.15, 0.2) is 36.5 Å². The van der Waals surface area contributed by atoms with Gasteiger partial charge in [0.15, 0.2) is 5.78 Å². The Morgan fingerprint density at radius 2 is 2.10 bits per heavy atom. The van der Waals surface area contributed by atoms with E-state index in [0.717, 1.165) is 19.5 Å². The minimum atomic E-state index is -0.510. The van der Waals surface area contributed by atoms with E-state index in [1.807, 2.05) is 12.1 Å². The summed E-state index contributed by atoms with van der Waals surface area (Å²) >= 11 is 0. The van der Waals surface area contributed by atoms with Gasteiger partial charge in [-0.25, -0.2) is 0 Å². The minimum absolute atomic E-state index is 0.0812. The Labute approximate surface area is 121 Å². The van der Waals surface area contributed by atoms with Crippen LogP contribution in [0.1, 0.15) is 21.6 Å². The molecular formula is C15H15N3O3. The molecule has 21 heavy (non-hydrogen) atoms. The lowest BCUT2D eigenvalue weighted by Crippen LogP contribution is -2.34. The summed E-state index contributed by atoms with van der Waals surface area (Å²) in [5.41, 5.74) is 2.79. The molecule has 0 amide bonds. The van der Waals surface area contributed by atoms with Gasteiger partial charge in [0.25, 0.3) is 5.69 Å². The highest BCUT2D eigenvalue weighted by molar-refractivity contribution is 5.96. The van der Waals surface area contributed by atoms with Crippen LogP contribution < -0.4 is 0 Å². The van der Waals surface area contributed by atoms with Gasteiger partial charge >= 0.3 is 0 Å². The smallest absolute Gasteiger partial charge is 0.287 e. The largest absolute Gasteiger partial charge is 0.353 e. The Bertz CT molecular complexity index is 693. The Balaban J connectivity index is 1.67. The SMILES string of the molecule is O=C(CN1CCc2ccccc2C1)c1cc([N+](=O)[O-])c[nH]1. The lowest BCUT2D eigenvalue weighted by atomic mass is 10.00. The average Bonchev–Trinajstić information content (AvgIpc) is 2.97. The molecule has 0 bridgehead atoms. The second kappa shape index (κ2) is 5.49.